The number of hydrogen-bond acceptors (Lipinski definition) is 3. The lowest BCUT2D eigenvalue weighted by molar-refractivity contribution is 0.581. The number of aromatic amines is 1. The molecule has 0 aliphatic heterocycles. The summed E-state index contributed by atoms with van der Waals surface area (Å²) in [5.41, 5.74) is 0.987. The molecule has 4 aromatic rings. The van der Waals surface area contributed by atoms with E-state index in [1.807, 2.05) is 0 Å². The van der Waals surface area contributed by atoms with E-state index in [1.165, 1.54) is 30.4 Å². The molecule has 0 aliphatic rings. The third-order valence-electron chi connectivity index (χ3n) is 4.54. The van der Waals surface area contributed by atoms with Crippen molar-refractivity contribution in [1.82, 2.24) is 9.97 Å². The van der Waals surface area contributed by atoms with Crippen LogP contribution in [0.4, 0.5) is 8.78 Å². The highest BCUT2D eigenvalue weighted by molar-refractivity contribution is 7.91. The van der Waals surface area contributed by atoms with E-state index >= 15 is 0 Å². The highest BCUT2D eigenvalue weighted by atomic mass is 32.2. The van der Waals surface area contributed by atoms with Crippen LogP contribution in [-0.4, -0.2) is 18.4 Å². The molecule has 4 nitrogen and oxygen atoms in total. The highest BCUT2D eigenvalue weighted by Crippen LogP contribution is 2.31. The van der Waals surface area contributed by atoms with Gasteiger partial charge in [0.15, 0.2) is 0 Å². The number of benzene rings is 3. The lowest BCUT2D eigenvalue weighted by Gasteiger charge is -2.11. The molecule has 1 N–H and O–H groups in total. The number of nitrogens with zero attached hydrogens (tertiary/aromatic N) is 1. The number of nitrogens with one attached hydrogen (secondary N) is 1. The fourth-order valence-electron chi connectivity index (χ4n) is 3.11. The van der Waals surface area contributed by atoms with Crippen LogP contribution in [0.15, 0.2) is 88.9 Å². The van der Waals surface area contributed by atoms with E-state index in [0.717, 1.165) is 12.1 Å². The van der Waals surface area contributed by atoms with E-state index in [0.29, 0.717) is 17.0 Å². The molecule has 0 atom stereocenters. The normalized spacial score (nSPS) is 11.8. The Kier molecular flexibility index (Phi) is 5.29. The molecule has 4 rings (SSSR count). The van der Waals surface area contributed by atoms with Crippen molar-refractivity contribution < 1.29 is 17.2 Å². The van der Waals surface area contributed by atoms with Crippen molar-refractivity contribution in [2.45, 2.75) is 9.79 Å². The van der Waals surface area contributed by atoms with E-state index in [-0.39, 0.29) is 15.4 Å². The van der Waals surface area contributed by atoms with Crippen molar-refractivity contribution in [3.05, 3.63) is 102 Å². The summed E-state index contributed by atoms with van der Waals surface area (Å²) < 4.78 is 54.1. The minimum Gasteiger partial charge on any atom is -0.345 e. The number of imidazole rings is 1. The van der Waals surface area contributed by atoms with Gasteiger partial charge in [-0.15, -0.1) is 0 Å². The molecule has 0 amide bonds. The van der Waals surface area contributed by atoms with Gasteiger partial charge in [0, 0.05) is 29.6 Å². The second kappa shape index (κ2) is 8.04. The molecule has 0 saturated heterocycles. The molecule has 0 bridgehead atoms. The van der Waals surface area contributed by atoms with E-state index in [4.69, 9.17) is 0 Å². The molecule has 0 fully saturated rings. The number of hydrogen-bond donors (Lipinski definition) is 1. The first-order valence-electron chi connectivity index (χ1n) is 9.03. The lowest BCUT2D eigenvalue weighted by atomic mass is 10.1. The van der Waals surface area contributed by atoms with Gasteiger partial charge in [-0.05, 0) is 35.9 Å². The van der Waals surface area contributed by atoms with Crippen LogP contribution in [0, 0.1) is 11.6 Å². The smallest absolute Gasteiger partial charge is 0.207 e. The van der Waals surface area contributed by atoms with Crippen LogP contribution < -0.4 is 0 Å². The summed E-state index contributed by atoms with van der Waals surface area (Å²) in [5, 5.41) is 0. The minimum absolute atomic E-state index is 0.0720. The summed E-state index contributed by atoms with van der Waals surface area (Å²) in [6.07, 6.45) is 6.08. The molecule has 30 heavy (non-hydrogen) atoms. The first-order valence-corrected chi connectivity index (χ1v) is 10.5. The lowest BCUT2D eigenvalue weighted by Crippen LogP contribution is -2.06. The third kappa shape index (κ3) is 3.79. The Bertz CT molecular complexity index is 1330. The molecular formula is C23H16F2N2O2S. The maximum Gasteiger partial charge on any atom is 0.207 e. The fourth-order valence-corrected chi connectivity index (χ4v) is 4.76. The Hall–Kier alpha value is -3.58. The average molecular weight is 422 g/mol. The monoisotopic (exact) mass is 422 g/mol. The largest absolute Gasteiger partial charge is 0.345 e. The van der Waals surface area contributed by atoms with E-state index in [9.17, 15) is 17.2 Å². The molecule has 7 heteroatoms. The number of halogens is 2. The van der Waals surface area contributed by atoms with Crippen LogP contribution >= 0.6 is 0 Å². The first kappa shape index (κ1) is 19.7. The predicted octanol–water partition coefficient (Wildman–Crippen LogP) is 5.36. The van der Waals surface area contributed by atoms with E-state index in [1.54, 1.807) is 48.8 Å². The van der Waals surface area contributed by atoms with Crippen molar-refractivity contribution in [2.24, 2.45) is 0 Å². The second-order valence-corrected chi connectivity index (χ2v) is 8.36. The molecule has 1 heterocycles. The van der Waals surface area contributed by atoms with Crippen LogP contribution in [0.3, 0.4) is 0 Å². The van der Waals surface area contributed by atoms with Crippen LogP contribution in [0.2, 0.25) is 0 Å². The zero-order valence-electron chi connectivity index (χ0n) is 15.6. The molecule has 150 valence electrons. The highest BCUT2D eigenvalue weighted by Gasteiger charge is 2.24. The standard InChI is InChI=1S/C23H16F2N2O2S/c24-18-12-11-16(20(25)15-18)9-10-17-5-1-3-7-21(17)30(28,29)22-8-4-2-6-19(22)23-26-13-14-27-23/h1-15H,(H,26,27)/b10-9+. The van der Waals surface area contributed by atoms with Gasteiger partial charge in [-0.3, -0.25) is 0 Å². The minimum atomic E-state index is -3.91. The Morgan fingerprint density at radius 1 is 0.833 bits per heavy atom. The second-order valence-electron chi connectivity index (χ2n) is 6.47. The Morgan fingerprint density at radius 2 is 1.53 bits per heavy atom. The fraction of sp³-hybridized carbons (Fsp3) is 0. The summed E-state index contributed by atoms with van der Waals surface area (Å²) in [4.78, 5) is 7.27. The molecule has 0 saturated carbocycles. The Balaban J connectivity index is 1.80. The number of H-pyrrole nitrogens is 1. The van der Waals surface area contributed by atoms with Gasteiger partial charge in [0.25, 0.3) is 0 Å². The van der Waals surface area contributed by atoms with Crippen molar-refractivity contribution in [2.75, 3.05) is 0 Å². The van der Waals surface area contributed by atoms with Gasteiger partial charge in [-0.2, -0.15) is 0 Å². The summed E-state index contributed by atoms with van der Waals surface area (Å²) in [7, 11) is -3.91. The van der Waals surface area contributed by atoms with Gasteiger partial charge in [0.05, 0.1) is 9.79 Å². The number of rotatable bonds is 5. The van der Waals surface area contributed by atoms with Crippen LogP contribution in [0.5, 0.6) is 0 Å². The van der Waals surface area contributed by atoms with Crippen LogP contribution in [-0.2, 0) is 9.84 Å². The van der Waals surface area contributed by atoms with Gasteiger partial charge < -0.3 is 4.98 Å². The summed E-state index contributed by atoms with van der Waals surface area (Å²) in [5.74, 6) is -0.965. The number of aromatic nitrogens is 2. The topological polar surface area (TPSA) is 62.8 Å². The summed E-state index contributed by atoms with van der Waals surface area (Å²) in [6.45, 7) is 0. The quantitative estimate of drug-likeness (QED) is 0.441. The maximum absolute atomic E-state index is 13.9. The van der Waals surface area contributed by atoms with Crippen LogP contribution in [0.25, 0.3) is 23.5 Å². The molecule has 3 aromatic carbocycles. The van der Waals surface area contributed by atoms with Crippen molar-refractivity contribution in [3.8, 4) is 11.4 Å². The Labute approximate surface area is 172 Å². The zero-order valence-corrected chi connectivity index (χ0v) is 16.4. The van der Waals surface area contributed by atoms with Crippen molar-refractivity contribution in [1.29, 1.82) is 0 Å². The van der Waals surface area contributed by atoms with Gasteiger partial charge in [-0.1, -0.05) is 42.5 Å². The Morgan fingerprint density at radius 3 is 2.27 bits per heavy atom. The molecule has 0 radical (unpaired) electrons. The summed E-state index contributed by atoms with van der Waals surface area (Å²) in [6, 6.07) is 16.2. The zero-order chi connectivity index (χ0) is 21.1. The van der Waals surface area contributed by atoms with Gasteiger partial charge in [-0.25, -0.2) is 22.2 Å². The van der Waals surface area contributed by atoms with Crippen molar-refractivity contribution >= 4 is 22.0 Å². The van der Waals surface area contributed by atoms with Gasteiger partial charge in [0.2, 0.25) is 9.84 Å². The third-order valence-corrected chi connectivity index (χ3v) is 6.43. The number of sulfone groups is 1. The summed E-state index contributed by atoms with van der Waals surface area (Å²) >= 11 is 0. The van der Waals surface area contributed by atoms with Gasteiger partial charge >= 0.3 is 0 Å². The van der Waals surface area contributed by atoms with Crippen molar-refractivity contribution in [3.63, 3.8) is 0 Å². The maximum atomic E-state index is 13.9. The van der Waals surface area contributed by atoms with E-state index < -0.39 is 21.5 Å². The average Bonchev–Trinajstić information content (AvgIpc) is 3.28. The molecule has 0 spiro atoms. The SMILES string of the molecule is O=S(=O)(c1ccccc1/C=C/c1ccc(F)cc1F)c1ccccc1-c1ncc[nH]1. The van der Waals surface area contributed by atoms with Gasteiger partial charge in [0.1, 0.15) is 17.5 Å². The molecule has 0 unspecified atom stereocenters. The molecule has 0 aliphatic carbocycles. The first-order chi connectivity index (χ1) is 14.5. The predicted molar refractivity (Wildman–Crippen MR) is 111 cm³/mol. The van der Waals surface area contributed by atoms with E-state index in [2.05, 4.69) is 9.97 Å². The molecule has 1 aromatic heterocycles. The molecular weight excluding hydrogens is 406 g/mol. The van der Waals surface area contributed by atoms with Crippen LogP contribution in [0.1, 0.15) is 11.1 Å².